The maximum absolute atomic E-state index is 13.0. The second kappa shape index (κ2) is 6.96. The van der Waals surface area contributed by atoms with Crippen LogP contribution in [0.3, 0.4) is 0 Å². The van der Waals surface area contributed by atoms with Gasteiger partial charge in [0, 0.05) is 41.8 Å². The molecule has 1 heterocycles. The molecular formula is C21H20N2O2S2. The number of thiophene rings is 1. The quantitative estimate of drug-likeness (QED) is 0.536. The summed E-state index contributed by atoms with van der Waals surface area (Å²) in [5.41, 5.74) is 1.99. The second-order valence-electron chi connectivity index (χ2n) is 6.60. The lowest BCUT2D eigenvalue weighted by atomic mass is 10.1. The van der Waals surface area contributed by atoms with E-state index >= 15 is 0 Å². The molecule has 6 heteroatoms. The summed E-state index contributed by atoms with van der Waals surface area (Å²) in [6.07, 6.45) is 0. The topological polar surface area (TPSA) is 49.4 Å². The first-order valence-electron chi connectivity index (χ1n) is 8.61. The van der Waals surface area contributed by atoms with E-state index in [1.54, 1.807) is 23.5 Å². The van der Waals surface area contributed by atoms with E-state index in [9.17, 15) is 8.42 Å². The van der Waals surface area contributed by atoms with Crippen LogP contribution in [0.25, 0.3) is 20.9 Å². The molecule has 4 aromatic rings. The number of nitrogens with zero attached hydrogens (tertiary/aromatic N) is 1. The Morgan fingerprint density at radius 3 is 2.41 bits per heavy atom. The van der Waals surface area contributed by atoms with Gasteiger partial charge in [-0.2, -0.15) is 0 Å². The van der Waals surface area contributed by atoms with E-state index in [0.717, 1.165) is 32.1 Å². The van der Waals surface area contributed by atoms with Crippen molar-refractivity contribution >= 4 is 47.9 Å². The van der Waals surface area contributed by atoms with Crippen LogP contribution in [-0.4, -0.2) is 22.5 Å². The summed E-state index contributed by atoms with van der Waals surface area (Å²) in [6.45, 7) is 0.274. The number of fused-ring (bicyclic) bond motifs is 2. The highest BCUT2D eigenvalue weighted by Crippen LogP contribution is 2.31. The molecule has 0 fully saturated rings. The van der Waals surface area contributed by atoms with Gasteiger partial charge >= 0.3 is 0 Å². The number of sulfonamides is 1. The van der Waals surface area contributed by atoms with Gasteiger partial charge in [0.2, 0.25) is 10.0 Å². The van der Waals surface area contributed by atoms with Crippen molar-refractivity contribution in [3.8, 4) is 0 Å². The van der Waals surface area contributed by atoms with Crippen molar-refractivity contribution in [2.75, 3.05) is 19.0 Å². The Bertz CT molecular complexity index is 1230. The van der Waals surface area contributed by atoms with Crippen molar-refractivity contribution in [2.45, 2.75) is 11.4 Å². The second-order valence-corrected chi connectivity index (χ2v) is 9.25. The Hall–Kier alpha value is -2.41. The minimum atomic E-state index is -3.64. The van der Waals surface area contributed by atoms with Gasteiger partial charge < -0.3 is 4.90 Å². The third-order valence-corrected chi connectivity index (χ3v) is 7.12. The van der Waals surface area contributed by atoms with Crippen molar-refractivity contribution < 1.29 is 8.42 Å². The molecule has 0 bridgehead atoms. The Labute approximate surface area is 163 Å². The molecule has 0 unspecified atom stereocenters. The SMILES string of the molecule is CN(C)c1cccc2c(S(=O)(=O)NCc3csc4ccccc34)cccc12. The van der Waals surface area contributed by atoms with Crippen LogP contribution in [-0.2, 0) is 16.6 Å². The Morgan fingerprint density at radius 2 is 1.59 bits per heavy atom. The molecule has 0 aliphatic carbocycles. The molecule has 27 heavy (non-hydrogen) atoms. The Balaban J connectivity index is 1.71. The summed E-state index contributed by atoms with van der Waals surface area (Å²) in [5, 5.41) is 4.76. The molecule has 3 aromatic carbocycles. The van der Waals surface area contributed by atoms with E-state index in [-0.39, 0.29) is 6.54 Å². The van der Waals surface area contributed by atoms with E-state index in [1.165, 1.54) is 0 Å². The molecule has 1 N–H and O–H groups in total. The fourth-order valence-electron chi connectivity index (χ4n) is 3.31. The predicted molar refractivity (Wildman–Crippen MR) is 114 cm³/mol. The third-order valence-electron chi connectivity index (χ3n) is 4.64. The van der Waals surface area contributed by atoms with Crippen molar-refractivity contribution in [2.24, 2.45) is 0 Å². The molecule has 0 radical (unpaired) electrons. The molecular weight excluding hydrogens is 376 g/mol. The third kappa shape index (κ3) is 3.32. The zero-order chi connectivity index (χ0) is 19.0. The molecule has 0 atom stereocenters. The van der Waals surface area contributed by atoms with Gasteiger partial charge in [0.05, 0.1) is 4.90 Å². The van der Waals surface area contributed by atoms with Crippen molar-refractivity contribution in [3.05, 3.63) is 71.6 Å². The van der Waals surface area contributed by atoms with Crippen LogP contribution in [0, 0.1) is 0 Å². The van der Waals surface area contributed by atoms with E-state index in [0.29, 0.717) is 4.90 Å². The van der Waals surface area contributed by atoms with Crippen LogP contribution in [0.5, 0.6) is 0 Å². The predicted octanol–water partition coefficient (Wildman–Crippen LogP) is 4.60. The molecule has 0 amide bonds. The number of hydrogen-bond donors (Lipinski definition) is 1. The van der Waals surface area contributed by atoms with E-state index in [4.69, 9.17) is 0 Å². The van der Waals surface area contributed by atoms with Gasteiger partial charge in [-0.15, -0.1) is 11.3 Å². The summed E-state index contributed by atoms with van der Waals surface area (Å²) in [6, 6.07) is 19.2. The summed E-state index contributed by atoms with van der Waals surface area (Å²) >= 11 is 1.63. The first kappa shape index (κ1) is 18.0. The standard InChI is InChI=1S/C21H20N2O2S2/c1-23(2)19-10-5-9-18-17(19)8-6-12-21(18)27(24,25)22-13-15-14-26-20-11-4-3-7-16(15)20/h3-12,14,22H,13H2,1-2H3. The van der Waals surface area contributed by atoms with Gasteiger partial charge in [0.1, 0.15) is 0 Å². The van der Waals surface area contributed by atoms with Gasteiger partial charge in [0.25, 0.3) is 0 Å². The number of hydrogen-bond acceptors (Lipinski definition) is 4. The zero-order valence-electron chi connectivity index (χ0n) is 15.1. The molecule has 0 aliphatic rings. The lowest BCUT2D eigenvalue weighted by Gasteiger charge is -2.17. The smallest absolute Gasteiger partial charge is 0.241 e. The van der Waals surface area contributed by atoms with Gasteiger partial charge in [-0.1, -0.05) is 42.5 Å². The largest absolute Gasteiger partial charge is 0.377 e. The fourth-order valence-corrected chi connectivity index (χ4v) is 5.50. The van der Waals surface area contributed by atoms with Crippen LogP contribution in [0.1, 0.15) is 5.56 Å². The average Bonchev–Trinajstić information content (AvgIpc) is 3.08. The van der Waals surface area contributed by atoms with Crippen LogP contribution < -0.4 is 9.62 Å². The van der Waals surface area contributed by atoms with Crippen LogP contribution >= 0.6 is 11.3 Å². The van der Waals surface area contributed by atoms with Crippen molar-refractivity contribution in [1.82, 2.24) is 4.72 Å². The van der Waals surface area contributed by atoms with E-state index in [1.807, 2.05) is 72.9 Å². The average molecular weight is 397 g/mol. The van der Waals surface area contributed by atoms with Crippen LogP contribution in [0.2, 0.25) is 0 Å². The maximum Gasteiger partial charge on any atom is 0.241 e. The van der Waals surface area contributed by atoms with Gasteiger partial charge in [-0.3, -0.25) is 0 Å². The highest BCUT2D eigenvalue weighted by molar-refractivity contribution is 7.89. The zero-order valence-corrected chi connectivity index (χ0v) is 16.8. The summed E-state index contributed by atoms with van der Waals surface area (Å²) in [5.74, 6) is 0. The summed E-state index contributed by atoms with van der Waals surface area (Å²) in [7, 11) is 0.271. The molecule has 0 saturated heterocycles. The molecule has 138 valence electrons. The molecule has 4 rings (SSSR count). The Kier molecular flexibility index (Phi) is 4.63. The number of rotatable bonds is 5. The highest BCUT2D eigenvalue weighted by Gasteiger charge is 2.19. The minimum absolute atomic E-state index is 0.274. The van der Waals surface area contributed by atoms with Gasteiger partial charge in [-0.25, -0.2) is 13.1 Å². The number of nitrogens with one attached hydrogen (secondary N) is 1. The Morgan fingerprint density at radius 1 is 0.889 bits per heavy atom. The molecule has 0 aliphatic heterocycles. The number of anilines is 1. The lowest BCUT2D eigenvalue weighted by molar-refractivity contribution is 0.582. The molecule has 1 aromatic heterocycles. The van der Waals surface area contributed by atoms with E-state index in [2.05, 4.69) is 4.72 Å². The van der Waals surface area contributed by atoms with E-state index < -0.39 is 10.0 Å². The molecule has 0 spiro atoms. The van der Waals surface area contributed by atoms with Crippen molar-refractivity contribution in [3.63, 3.8) is 0 Å². The monoisotopic (exact) mass is 396 g/mol. The van der Waals surface area contributed by atoms with Gasteiger partial charge in [-0.05, 0) is 34.5 Å². The minimum Gasteiger partial charge on any atom is -0.377 e. The summed E-state index contributed by atoms with van der Waals surface area (Å²) in [4.78, 5) is 2.30. The van der Waals surface area contributed by atoms with Crippen LogP contribution in [0.4, 0.5) is 5.69 Å². The molecule has 0 saturated carbocycles. The maximum atomic E-state index is 13.0. The lowest BCUT2D eigenvalue weighted by Crippen LogP contribution is -2.23. The molecule has 4 nitrogen and oxygen atoms in total. The van der Waals surface area contributed by atoms with Gasteiger partial charge in [0.15, 0.2) is 0 Å². The van der Waals surface area contributed by atoms with Crippen molar-refractivity contribution in [1.29, 1.82) is 0 Å². The first-order valence-corrected chi connectivity index (χ1v) is 11.0. The normalized spacial score (nSPS) is 11.9. The highest BCUT2D eigenvalue weighted by atomic mass is 32.2. The number of benzene rings is 3. The van der Waals surface area contributed by atoms with Crippen LogP contribution in [0.15, 0.2) is 70.9 Å². The summed E-state index contributed by atoms with van der Waals surface area (Å²) < 4.78 is 30.0. The fraction of sp³-hybridized carbons (Fsp3) is 0.143. The first-order chi connectivity index (χ1) is 13.0.